The maximum Gasteiger partial charge on any atom is 0.251 e. The number of anilines is 4. The molecule has 8 aromatic carbocycles. The van der Waals surface area contributed by atoms with Gasteiger partial charge in [-0.1, -0.05) is 115 Å². The molecule has 8 N–H and O–H groups in total. The molecule has 4 aliphatic rings. The van der Waals surface area contributed by atoms with Crippen LogP contribution in [0.3, 0.4) is 0 Å². The van der Waals surface area contributed by atoms with Gasteiger partial charge < -0.3 is 61.5 Å². The van der Waals surface area contributed by atoms with Crippen LogP contribution in [0.25, 0.3) is 0 Å². The first-order valence-corrected chi connectivity index (χ1v) is 41.3. The lowest BCUT2D eigenvalue weighted by atomic mass is 9.81. The van der Waals surface area contributed by atoms with E-state index >= 15 is 0 Å². The second kappa shape index (κ2) is 38.0. The van der Waals surface area contributed by atoms with Crippen molar-refractivity contribution in [1.29, 1.82) is 0 Å². The molecule has 28 nitrogen and oxygen atoms in total. The lowest BCUT2D eigenvalue weighted by Gasteiger charge is -2.33. The van der Waals surface area contributed by atoms with Gasteiger partial charge in [-0.15, -0.1) is 0 Å². The smallest absolute Gasteiger partial charge is 0.251 e. The Hall–Kier alpha value is -14.6. The number of rotatable bonds is 19. The van der Waals surface area contributed by atoms with Crippen molar-refractivity contribution in [3.05, 3.63) is 305 Å². The molecule has 16 rings (SSSR count). The summed E-state index contributed by atoms with van der Waals surface area (Å²) >= 11 is 0. The van der Waals surface area contributed by atoms with Crippen LogP contribution in [-0.4, -0.2) is 138 Å². The highest BCUT2D eigenvalue weighted by molar-refractivity contribution is 6.07. The molecule has 12 aromatic rings. The van der Waals surface area contributed by atoms with E-state index in [2.05, 4.69) is 82.0 Å². The van der Waals surface area contributed by atoms with Crippen LogP contribution in [0.4, 0.5) is 32.1 Å². The van der Waals surface area contributed by atoms with E-state index in [1.165, 1.54) is 16.3 Å². The number of amides is 8. The van der Waals surface area contributed by atoms with Crippen molar-refractivity contribution in [2.45, 2.75) is 130 Å². The number of aryl methyl sites for hydroxylation is 13. The average Bonchev–Trinajstić information content (AvgIpc) is 1.59. The number of nitrogens with zero attached hydrogens (tertiary/aromatic N) is 8. The molecule has 8 heterocycles. The van der Waals surface area contributed by atoms with E-state index in [4.69, 9.17) is 18.9 Å². The van der Waals surface area contributed by atoms with Crippen molar-refractivity contribution < 1.29 is 66.1 Å². The molecule has 126 heavy (non-hydrogen) atoms. The Morgan fingerprint density at radius 1 is 0.365 bits per heavy atom. The van der Waals surface area contributed by atoms with Gasteiger partial charge in [0.2, 0.25) is 23.6 Å². The molecule has 0 fully saturated rings. The van der Waals surface area contributed by atoms with Gasteiger partial charge in [0.05, 0.1) is 50.7 Å². The largest absolute Gasteiger partial charge is 0.497 e. The minimum absolute atomic E-state index is 0.257. The first-order chi connectivity index (χ1) is 60.3. The average molecular weight is 1710 g/mol. The molecule has 8 amide bonds. The summed E-state index contributed by atoms with van der Waals surface area (Å²) in [6.07, 6.45) is 1.67. The summed E-state index contributed by atoms with van der Waals surface area (Å²) < 4.78 is 56.1. The fourth-order valence-corrected chi connectivity index (χ4v) is 16.8. The van der Waals surface area contributed by atoms with Crippen LogP contribution in [0, 0.1) is 60.1 Å². The fraction of sp³-hybridized carbons (Fsp3) is 0.292. The summed E-state index contributed by atoms with van der Waals surface area (Å²) in [7, 11) is 11.9. The van der Waals surface area contributed by atoms with Crippen LogP contribution in [0.1, 0.15) is 181 Å². The summed E-state index contributed by atoms with van der Waals surface area (Å²) in [6.45, 7) is 19.8. The van der Waals surface area contributed by atoms with Crippen molar-refractivity contribution in [2.75, 3.05) is 49.2 Å². The molecule has 30 heteroatoms. The number of carbonyl (C=O) groups excluding carboxylic acids is 8. The van der Waals surface area contributed by atoms with Crippen molar-refractivity contribution >= 4 is 70.5 Å². The fourth-order valence-electron chi connectivity index (χ4n) is 16.8. The zero-order valence-corrected chi connectivity index (χ0v) is 73.2. The number of methoxy groups -OCH3 is 3. The van der Waals surface area contributed by atoms with Gasteiger partial charge >= 0.3 is 0 Å². The van der Waals surface area contributed by atoms with Crippen LogP contribution >= 0.6 is 0 Å². The van der Waals surface area contributed by atoms with Crippen LogP contribution in [0.15, 0.2) is 176 Å². The quantitative estimate of drug-likeness (QED) is 0.0373. The lowest BCUT2D eigenvalue weighted by Crippen LogP contribution is -2.50. The van der Waals surface area contributed by atoms with Crippen molar-refractivity contribution in [2.24, 2.45) is 28.2 Å². The number of nitrogens with one attached hydrogen (secondary N) is 8. The number of hydrogen-bond acceptors (Lipinski definition) is 16. The Balaban J connectivity index is 0.000000144. The Kier molecular flexibility index (Phi) is 26.9. The molecule has 0 saturated carbocycles. The molecule has 0 saturated heterocycles. The van der Waals surface area contributed by atoms with E-state index in [1.54, 1.807) is 124 Å². The zero-order valence-electron chi connectivity index (χ0n) is 73.2. The van der Waals surface area contributed by atoms with E-state index in [1.807, 2.05) is 147 Å². The highest BCUT2D eigenvalue weighted by Gasteiger charge is 2.46. The maximum atomic E-state index is 14.0. The summed E-state index contributed by atoms with van der Waals surface area (Å²) in [6, 6.07) is 48.2. The normalized spacial score (nSPS) is 17.5. The SMILES string of the molecule is CCOc1ccc([C@@H]2c3c(C)nn(C)c3NC(=O)[C@H]2NC(=O)c2ccc(C)cc2)cc1OC.CCc1ccc([C@@H]2c3c(C)nn(C)c3NC(=O)[C@H]2NC(=O)c2ccc(OC)c(CC)c2)cc1.COc1cccc([C@@H]2c3c(C)nn(C)c3NC(=O)[C@H]2NC(=O)c2cccc(C)c2)c1.Cc1ccc(C(=O)N[C@@H]2C(=O)Nc3c(c(C)nn3C)[C@H]2c2ccc(F)c(F)c2)cc1. The molecule has 652 valence electrons. The third kappa shape index (κ3) is 18.5. The minimum atomic E-state index is -1.03. The summed E-state index contributed by atoms with van der Waals surface area (Å²) in [5.41, 5.74) is 16.5. The number of fused-ring (bicyclic) bond motifs is 4. The summed E-state index contributed by atoms with van der Waals surface area (Å²) in [5.74, 6) is -1.57. The van der Waals surface area contributed by atoms with Gasteiger partial charge in [-0.2, -0.15) is 20.4 Å². The maximum absolute atomic E-state index is 14.0. The van der Waals surface area contributed by atoms with E-state index < -0.39 is 65.4 Å². The molecule has 8 atom stereocenters. The highest BCUT2D eigenvalue weighted by atomic mass is 19.2. The van der Waals surface area contributed by atoms with Gasteiger partial charge in [0.1, 0.15) is 58.9 Å². The lowest BCUT2D eigenvalue weighted by molar-refractivity contribution is -0.119. The van der Waals surface area contributed by atoms with Crippen LogP contribution in [-0.2, 0) is 60.2 Å². The predicted octanol–water partition coefficient (Wildman–Crippen LogP) is 13.2. The Morgan fingerprint density at radius 2 is 0.738 bits per heavy atom. The number of ether oxygens (including phenoxy) is 4. The molecule has 0 spiro atoms. The number of carbonyl (C=O) groups is 8. The molecular formula is C96H102F2N16O12. The van der Waals surface area contributed by atoms with E-state index in [9.17, 15) is 47.1 Å². The molecular weight excluding hydrogens is 1610 g/mol. The molecule has 4 aromatic heterocycles. The molecule has 0 aliphatic carbocycles. The van der Waals surface area contributed by atoms with Gasteiger partial charge in [0.25, 0.3) is 23.6 Å². The van der Waals surface area contributed by atoms with Crippen LogP contribution < -0.4 is 61.5 Å². The van der Waals surface area contributed by atoms with Gasteiger partial charge in [-0.05, 0) is 193 Å². The van der Waals surface area contributed by atoms with Gasteiger partial charge in [-0.25, -0.2) is 8.78 Å². The third-order valence-corrected chi connectivity index (χ3v) is 23.1. The topological polar surface area (TPSA) is 341 Å². The monoisotopic (exact) mass is 1710 g/mol. The van der Waals surface area contributed by atoms with Crippen molar-refractivity contribution in [3.63, 3.8) is 0 Å². The number of aromatic nitrogens is 8. The molecule has 0 unspecified atom stereocenters. The van der Waals surface area contributed by atoms with Crippen LogP contribution in [0.5, 0.6) is 23.0 Å². The van der Waals surface area contributed by atoms with Gasteiger partial charge in [0, 0.05) is 96.4 Å². The number of halogens is 2. The predicted molar refractivity (Wildman–Crippen MR) is 474 cm³/mol. The van der Waals surface area contributed by atoms with E-state index in [0.29, 0.717) is 86.2 Å². The highest BCUT2D eigenvalue weighted by Crippen LogP contribution is 2.46. The van der Waals surface area contributed by atoms with Crippen LogP contribution in [0.2, 0.25) is 0 Å². The van der Waals surface area contributed by atoms with Crippen molar-refractivity contribution in [3.8, 4) is 23.0 Å². The number of hydrogen-bond donors (Lipinski definition) is 8. The second-order valence-corrected chi connectivity index (χ2v) is 31.4. The Morgan fingerprint density at radius 3 is 1.13 bits per heavy atom. The molecule has 0 radical (unpaired) electrons. The van der Waals surface area contributed by atoms with Gasteiger partial charge in [0.15, 0.2) is 23.1 Å². The Labute approximate surface area is 728 Å². The standard InChI is InChI=1S/C26H30N4O3.C25H28N4O4.C23H24N4O3.C22H20F2N4O2/c1-6-16-8-10-18(11-9-16)22-21-15(3)29-30(4)24(21)28-26(32)23(22)27-25(31)19-12-13-20(33-5)17(7-2)14-19;1-6-33-18-12-11-17(13-19(18)32-5)21-20-15(3)28-29(4)23(20)27-25(31)22(21)26-24(30)16-9-7-14(2)8-10-16;1-13-7-5-9-16(11-13)22(28)24-20-19(15-8-6-10-17(12-15)30-4)18-14(2)26-27(3)21(18)25-23(20)29;1-11-4-6-13(7-5-11)21(29)25-19-18(14-8-9-15(23)16(24)10-14)17-12(2)27-28(3)20(17)26-22(19)30/h8-14,22-23H,6-7H2,1-5H3,(H,27,31)(H,28,32);7-13,21-22H,6H2,1-5H3,(H,26,30)(H,27,31);5-12,19-20H,1-4H3,(H,24,28)(H,25,29);4-10,18-19H,1-3H3,(H,25,29)(H,26,30)/t22-,23+;21-,22+;19-,20+;18-,19+/m1111/s1. The summed E-state index contributed by atoms with van der Waals surface area (Å²) in [5, 5.41) is 41.1. The molecule has 4 aliphatic heterocycles. The first kappa shape index (κ1) is 89.2. The minimum Gasteiger partial charge on any atom is -0.497 e. The second-order valence-electron chi connectivity index (χ2n) is 31.4. The third-order valence-electron chi connectivity index (χ3n) is 23.1. The van der Waals surface area contributed by atoms with E-state index in [0.717, 1.165) is 103 Å². The Bertz CT molecular complexity index is 6170. The summed E-state index contributed by atoms with van der Waals surface area (Å²) in [4.78, 5) is 105. The molecule has 0 bridgehead atoms. The number of benzene rings is 8. The zero-order chi connectivity index (χ0) is 90.4. The van der Waals surface area contributed by atoms with Crippen molar-refractivity contribution in [1.82, 2.24) is 60.4 Å². The first-order valence-electron chi connectivity index (χ1n) is 41.3. The van der Waals surface area contributed by atoms with Gasteiger partial charge in [-0.3, -0.25) is 57.1 Å². The van der Waals surface area contributed by atoms with E-state index in [-0.39, 0.29) is 41.4 Å².